The number of para-hydroxylation sites is 1. The van der Waals surface area contributed by atoms with Crippen molar-refractivity contribution in [2.45, 2.75) is 20.4 Å². The van der Waals surface area contributed by atoms with Gasteiger partial charge in [0.25, 0.3) is 5.91 Å². The molecule has 3 aromatic rings. The monoisotopic (exact) mass is 307 g/mol. The second kappa shape index (κ2) is 6.39. The normalized spacial score (nSPS) is 10.5. The predicted octanol–water partition coefficient (Wildman–Crippen LogP) is 2.21. The lowest BCUT2D eigenvalue weighted by Crippen LogP contribution is -2.24. The summed E-state index contributed by atoms with van der Waals surface area (Å²) >= 11 is 0. The second-order valence-electron chi connectivity index (χ2n) is 5.17. The SMILES string of the molecule is Cc1nn(-c2ccccc2)c(C)c1CNC(=O)c1cnccn1. The lowest BCUT2D eigenvalue weighted by Gasteiger charge is -2.06. The molecule has 0 saturated carbocycles. The van der Waals surface area contributed by atoms with Gasteiger partial charge in [0.15, 0.2) is 0 Å². The van der Waals surface area contributed by atoms with Gasteiger partial charge in [-0.2, -0.15) is 5.10 Å². The summed E-state index contributed by atoms with van der Waals surface area (Å²) in [6.45, 7) is 4.34. The fourth-order valence-electron chi connectivity index (χ4n) is 2.43. The van der Waals surface area contributed by atoms with Crippen LogP contribution in [0.1, 0.15) is 27.4 Å². The van der Waals surface area contributed by atoms with Crippen molar-refractivity contribution in [2.24, 2.45) is 0 Å². The summed E-state index contributed by atoms with van der Waals surface area (Å²) in [4.78, 5) is 20.0. The summed E-state index contributed by atoms with van der Waals surface area (Å²) in [6, 6.07) is 9.92. The maximum Gasteiger partial charge on any atom is 0.271 e. The maximum absolute atomic E-state index is 12.1. The Bertz CT molecular complexity index is 812. The van der Waals surface area contributed by atoms with Gasteiger partial charge in [-0.25, -0.2) is 9.67 Å². The average Bonchev–Trinajstić information content (AvgIpc) is 2.88. The Balaban J connectivity index is 1.79. The van der Waals surface area contributed by atoms with Gasteiger partial charge < -0.3 is 5.32 Å². The van der Waals surface area contributed by atoms with E-state index in [9.17, 15) is 4.79 Å². The molecule has 0 spiro atoms. The zero-order valence-corrected chi connectivity index (χ0v) is 13.0. The summed E-state index contributed by atoms with van der Waals surface area (Å²) < 4.78 is 1.89. The molecule has 6 nitrogen and oxygen atoms in total. The molecule has 1 aromatic carbocycles. The van der Waals surface area contributed by atoms with Crippen LogP contribution in [-0.4, -0.2) is 25.7 Å². The molecule has 0 atom stereocenters. The van der Waals surface area contributed by atoms with Crippen molar-refractivity contribution in [2.75, 3.05) is 0 Å². The van der Waals surface area contributed by atoms with Crippen molar-refractivity contribution in [1.29, 1.82) is 0 Å². The number of hydrogen-bond acceptors (Lipinski definition) is 4. The van der Waals surface area contributed by atoms with E-state index in [1.54, 1.807) is 0 Å². The van der Waals surface area contributed by atoms with Crippen molar-refractivity contribution in [3.8, 4) is 5.69 Å². The Hall–Kier alpha value is -3.02. The van der Waals surface area contributed by atoms with Crippen LogP contribution in [0.2, 0.25) is 0 Å². The number of aryl methyl sites for hydroxylation is 1. The quantitative estimate of drug-likeness (QED) is 0.802. The van der Waals surface area contributed by atoms with E-state index in [1.165, 1.54) is 18.6 Å². The zero-order chi connectivity index (χ0) is 16.2. The van der Waals surface area contributed by atoms with Crippen LogP contribution in [0, 0.1) is 13.8 Å². The largest absolute Gasteiger partial charge is 0.346 e. The predicted molar refractivity (Wildman–Crippen MR) is 86.2 cm³/mol. The standard InChI is InChI=1S/C17H17N5O/c1-12-15(10-20-17(23)16-11-18-8-9-19-16)13(2)22(21-12)14-6-4-3-5-7-14/h3-9,11H,10H2,1-2H3,(H,20,23). The smallest absolute Gasteiger partial charge is 0.271 e. The van der Waals surface area contributed by atoms with Gasteiger partial charge in [0.05, 0.1) is 17.6 Å². The van der Waals surface area contributed by atoms with Crippen molar-refractivity contribution in [3.05, 3.63) is 71.6 Å². The summed E-state index contributed by atoms with van der Waals surface area (Å²) in [7, 11) is 0. The van der Waals surface area contributed by atoms with Crippen LogP contribution in [0.4, 0.5) is 0 Å². The van der Waals surface area contributed by atoms with Crippen LogP contribution in [0.5, 0.6) is 0 Å². The van der Waals surface area contributed by atoms with Crippen molar-refractivity contribution in [1.82, 2.24) is 25.1 Å². The summed E-state index contributed by atoms with van der Waals surface area (Å²) in [5.41, 5.74) is 4.21. The third kappa shape index (κ3) is 3.11. The minimum Gasteiger partial charge on any atom is -0.346 e. The molecule has 23 heavy (non-hydrogen) atoms. The third-order valence-electron chi connectivity index (χ3n) is 3.66. The van der Waals surface area contributed by atoms with Crippen LogP contribution in [0.25, 0.3) is 5.69 Å². The molecule has 1 amide bonds. The number of nitrogens with zero attached hydrogens (tertiary/aromatic N) is 4. The van der Waals surface area contributed by atoms with Crippen molar-refractivity contribution in [3.63, 3.8) is 0 Å². The van der Waals surface area contributed by atoms with Gasteiger partial charge in [-0.05, 0) is 26.0 Å². The molecule has 0 aliphatic carbocycles. The second-order valence-corrected chi connectivity index (χ2v) is 5.17. The highest BCUT2D eigenvalue weighted by atomic mass is 16.1. The van der Waals surface area contributed by atoms with Crippen LogP contribution in [-0.2, 0) is 6.54 Å². The van der Waals surface area contributed by atoms with E-state index in [1.807, 2.05) is 48.9 Å². The van der Waals surface area contributed by atoms with Gasteiger partial charge in [0.1, 0.15) is 5.69 Å². The lowest BCUT2D eigenvalue weighted by molar-refractivity contribution is 0.0945. The Labute approximate surface area is 134 Å². The van der Waals surface area contributed by atoms with Crippen LogP contribution < -0.4 is 5.32 Å². The fourth-order valence-corrected chi connectivity index (χ4v) is 2.43. The number of hydrogen-bond donors (Lipinski definition) is 1. The molecule has 2 aromatic heterocycles. The molecule has 0 bridgehead atoms. The van der Waals surface area contributed by atoms with E-state index in [0.717, 1.165) is 22.6 Å². The highest BCUT2D eigenvalue weighted by molar-refractivity contribution is 5.91. The molecule has 3 rings (SSSR count). The van der Waals surface area contributed by atoms with Gasteiger partial charge in [0, 0.05) is 30.2 Å². The molecule has 0 saturated heterocycles. The summed E-state index contributed by atoms with van der Waals surface area (Å²) in [5.74, 6) is -0.246. The van der Waals surface area contributed by atoms with E-state index in [0.29, 0.717) is 12.2 Å². The molecule has 1 N–H and O–H groups in total. The fraction of sp³-hybridized carbons (Fsp3) is 0.176. The summed E-state index contributed by atoms with van der Waals surface area (Å²) in [5, 5.41) is 7.44. The highest BCUT2D eigenvalue weighted by Crippen LogP contribution is 2.17. The van der Waals surface area contributed by atoms with Gasteiger partial charge in [0.2, 0.25) is 0 Å². The molecule has 0 radical (unpaired) electrons. The maximum atomic E-state index is 12.1. The Morgan fingerprint density at radius 1 is 1.17 bits per heavy atom. The molecule has 6 heteroatoms. The minimum atomic E-state index is -0.246. The van der Waals surface area contributed by atoms with Crippen molar-refractivity contribution >= 4 is 5.91 Å². The first-order valence-electron chi connectivity index (χ1n) is 7.31. The molecule has 116 valence electrons. The highest BCUT2D eigenvalue weighted by Gasteiger charge is 2.14. The van der Waals surface area contributed by atoms with E-state index in [4.69, 9.17) is 0 Å². The Morgan fingerprint density at radius 2 is 1.96 bits per heavy atom. The molecule has 2 heterocycles. The van der Waals surface area contributed by atoms with Crippen LogP contribution in [0.3, 0.4) is 0 Å². The number of amides is 1. The number of nitrogens with one attached hydrogen (secondary N) is 1. The van der Waals surface area contributed by atoms with E-state index in [-0.39, 0.29) is 5.91 Å². The Kier molecular flexibility index (Phi) is 4.14. The third-order valence-corrected chi connectivity index (χ3v) is 3.66. The molecule has 0 aliphatic rings. The van der Waals surface area contributed by atoms with Crippen molar-refractivity contribution < 1.29 is 4.79 Å². The number of benzene rings is 1. The van der Waals surface area contributed by atoms with Gasteiger partial charge in [-0.3, -0.25) is 9.78 Å². The van der Waals surface area contributed by atoms with Gasteiger partial charge >= 0.3 is 0 Å². The number of carbonyl (C=O) groups excluding carboxylic acids is 1. The number of aromatic nitrogens is 4. The number of rotatable bonds is 4. The molecular formula is C17H17N5O. The van der Waals surface area contributed by atoms with Crippen LogP contribution in [0.15, 0.2) is 48.9 Å². The molecule has 0 aliphatic heterocycles. The molecule has 0 fully saturated rings. The van der Waals surface area contributed by atoms with Gasteiger partial charge in [-0.15, -0.1) is 0 Å². The first kappa shape index (κ1) is 14.9. The molecule has 0 unspecified atom stereocenters. The molecular weight excluding hydrogens is 290 g/mol. The summed E-state index contributed by atoms with van der Waals surface area (Å²) in [6.07, 6.45) is 4.48. The van der Waals surface area contributed by atoms with Gasteiger partial charge in [-0.1, -0.05) is 18.2 Å². The minimum absolute atomic E-state index is 0.246. The lowest BCUT2D eigenvalue weighted by atomic mass is 10.2. The van der Waals surface area contributed by atoms with E-state index >= 15 is 0 Å². The Morgan fingerprint density at radius 3 is 2.65 bits per heavy atom. The topological polar surface area (TPSA) is 72.7 Å². The first-order chi connectivity index (χ1) is 11.2. The van der Waals surface area contributed by atoms with E-state index < -0.39 is 0 Å². The zero-order valence-electron chi connectivity index (χ0n) is 13.0. The van der Waals surface area contributed by atoms with E-state index in [2.05, 4.69) is 20.4 Å². The average molecular weight is 307 g/mol. The first-order valence-corrected chi connectivity index (χ1v) is 7.31. The van der Waals surface area contributed by atoms with Crippen LogP contribution >= 0.6 is 0 Å². The number of carbonyl (C=O) groups is 1.